The lowest BCUT2D eigenvalue weighted by atomic mass is 10.5. The molecule has 0 amide bonds. The lowest BCUT2D eigenvalue weighted by Gasteiger charge is -2.01. The molecule has 0 aliphatic rings. The zero-order valence-electron chi connectivity index (χ0n) is 10.2. The molecule has 0 aliphatic carbocycles. The van der Waals surface area contributed by atoms with Crippen LogP contribution in [0.2, 0.25) is 0 Å². The Kier molecular flexibility index (Phi) is 4.19. The summed E-state index contributed by atoms with van der Waals surface area (Å²) in [6, 6.07) is 3.92. The summed E-state index contributed by atoms with van der Waals surface area (Å²) < 4.78 is 2.98. The number of aromatic nitrogens is 2. The van der Waals surface area contributed by atoms with E-state index in [9.17, 15) is 0 Å². The van der Waals surface area contributed by atoms with Gasteiger partial charge in [0.15, 0.2) is 5.96 Å². The van der Waals surface area contributed by atoms with Crippen molar-refractivity contribution >= 4 is 27.5 Å². The van der Waals surface area contributed by atoms with Crippen LogP contribution in [-0.2, 0) is 6.54 Å². The van der Waals surface area contributed by atoms with Crippen LogP contribution in [0.1, 0.15) is 19.0 Å². The number of nitrogens with zero attached hydrogens (tertiary/aromatic N) is 3. The van der Waals surface area contributed by atoms with Crippen LogP contribution in [0.5, 0.6) is 0 Å². The summed E-state index contributed by atoms with van der Waals surface area (Å²) in [6.07, 6.45) is 4.95. The minimum atomic E-state index is 0.468. The van der Waals surface area contributed by atoms with Crippen LogP contribution < -0.4 is 11.1 Å². The topological polar surface area (TPSA) is 67.7 Å². The highest BCUT2D eigenvalue weighted by Crippen LogP contribution is 2.12. The molecule has 0 radical (unpaired) electrons. The Morgan fingerprint density at radius 1 is 1.50 bits per heavy atom. The monoisotopic (exact) mass is 309 g/mol. The Morgan fingerprint density at radius 2 is 2.33 bits per heavy atom. The van der Waals surface area contributed by atoms with Crippen molar-refractivity contribution in [1.29, 1.82) is 0 Å². The molecule has 2 rings (SSSR count). The van der Waals surface area contributed by atoms with Crippen LogP contribution in [0, 0.1) is 0 Å². The predicted molar refractivity (Wildman–Crippen MR) is 76.5 cm³/mol. The van der Waals surface area contributed by atoms with E-state index in [4.69, 9.17) is 5.73 Å². The second kappa shape index (κ2) is 5.86. The molecule has 6 heteroatoms. The number of pyridine rings is 1. The van der Waals surface area contributed by atoms with Crippen molar-refractivity contribution in [2.75, 3.05) is 6.54 Å². The summed E-state index contributed by atoms with van der Waals surface area (Å²) in [5.41, 5.74) is 7.53. The number of halogens is 1. The fourth-order valence-electron chi connectivity index (χ4n) is 1.57. The summed E-state index contributed by atoms with van der Waals surface area (Å²) in [7, 11) is 0. The zero-order valence-corrected chi connectivity index (χ0v) is 11.8. The first-order chi connectivity index (χ1) is 8.69. The highest BCUT2D eigenvalue weighted by Gasteiger charge is 2.01. The van der Waals surface area contributed by atoms with Crippen molar-refractivity contribution in [3.63, 3.8) is 0 Å². The molecule has 0 saturated heterocycles. The van der Waals surface area contributed by atoms with Crippen molar-refractivity contribution < 1.29 is 0 Å². The van der Waals surface area contributed by atoms with Crippen LogP contribution in [-0.4, -0.2) is 21.9 Å². The number of hydrogen-bond acceptors (Lipinski definition) is 2. The highest BCUT2D eigenvalue weighted by atomic mass is 79.9. The molecule has 0 aliphatic heterocycles. The normalized spacial score (nSPS) is 12.0. The number of imidazole rings is 1. The van der Waals surface area contributed by atoms with E-state index in [1.54, 1.807) is 0 Å². The van der Waals surface area contributed by atoms with Crippen LogP contribution >= 0.6 is 15.9 Å². The van der Waals surface area contributed by atoms with E-state index in [1.807, 2.05) is 28.9 Å². The van der Waals surface area contributed by atoms with Gasteiger partial charge in [-0.25, -0.2) is 9.98 Å². The highest BCUT2D eigenvalue weighted by molar-refractivity contribution is 9.10. The van der Waals surface area contributed by atoms with E-state index in [2.05, 4.69) is 38.1 Å². The molecule has 0 bridgehead atoms. The summed E-state index contributed by atoms with van der Waals surface area (Å²) in [4.78, 5) is 8.70. The van der Waals surface area contributed by atoms with Gasteiger partial charge in [0.1, 0.15) is 5.65 Å². The maximum Gasteiger partial charge on any atom is 0.188 e. The summed E-state index contributed by atoms with van der Waals surface area (Å²) in [5.74, 6) is 0.468. The zero-order chi connectivity index (χ0) is 13.0. The summed E-state index contributed by atoms with van der Waals surface area (Å²) in [6.45, 7) is 3.41. The van der Waals surface area contributed by atoms with Crippen molar-refractivity contribution in [1.82, 2.24) is 14.7 Å². The average molecular weight is 310 g/mol. The molecule has 3 N–H and O–H groups in total. The number of hydrogen-bond donors (Lipinski definition) is 2. The van der Waals surface area contributed by atoms with E-state index in [0.717, 1.165) is 28.8 Å². The van der Waals surface area contributed by atoms with Gasteiger partial charge in [0.2, 0.25) is 0 Å². The molecule has 5 nitrogen and oxygen atoms in total. The maximum atomic E-state index is 5.72. The molecule has 96 valence electrons. The Hall–Kier alpha value is -1.56. The number of nitrogens with two attached hydrogens (primary N) is 1. The third kappa shape index (κ3) is 3.22. The van der Waals surface area contributed by atoms with Crippen molar-refractivity contribution in [3.8, 4) is 0 Å². The molecule has 18 heavy (non-hydrogen) atoms. The molecular weight excluding hydrogens is 294 g/mol. The molecule has 0 aromatic carbocycles. The summed E-state index contributed by atoms with van der Waals surface area (Å²) >= 11 is 3.43. The van der Waals surface area contributed by atoms with Crippen LogP contribution in [0.25, 0.3) is 5.65 Å². The van der Waals surface area contributed by atoms with Crippen LogP contribution in [0.3, 0.4) is 0 Å². The number of rotatable bonds is 4. The second-order valence-electron chi connectivity index (χ2n) is 3.97. The van der Waals surface area contributed by atoms with Gasteiger partial charge in [0.05, 0.1) is 12.2 Å². The molecule has 2 aromatic heterocycles. The molecule has 2 heterocycles. The van der Waals surface area contributed by atoms with E-state index >= 15 is 0 Å². The smallest absolute Gasteiger partial charge is 0.188 e. The van der Waals surface area contributed by atoms with E-state index in [-0.39, 0.29) is 0 Å². The van der Waals surface area contributed by atoms with Crippen molar-refractivity contribution in [2.45, 2.75) is 19.9 Å². The fraction of sp³-hybridized carbons (Fsp3) is 0.333. The van der Waals surface area contributed by atoms with Crippen molar-refractivity contribution in [2.24, 2.45) is 10.7 Å². The first kappa shape index (κ1) is 12.9. The van der Waals surface area contributed by atoms with Gasteiger partial charge in [0.25, 0.3) is 0 Å². The first-order valence-electron chi connectivity index (χ1n) is 5.86. The molecule has 0 spiro atoms. The molecule has 0 saturated carbocycles. The van der Waals surface area contributed by atoms with Crippen LogP contribution in [0.15, 0.2) is 34.0 Å². The van der Waals surface area contributed by atoms with E-state index in [1.165, 1.54) is 0 Å². The van der Waals surface area contributed by atoms with Crippen molar-refractivity contribution in [3.05, 3.63) is 34.7 Å². The lowest BCUT2D eigenvalue weighted by Crippen LogP contribution is -2.32. The minimum absolute atomic E-state index is 0.468. The number of aliphatic imine (C=N–C) groups is 1. The van der Waals surface area contributed by atoms with E-state index < -0.39 is 0 Å². The standard InChI is InChI=1S/C12H16BrN5/c1-2-5-15-12(14)16-6-10-8-18-7-9(13)3-4-11(18)17-10/h3-4,7-8H,2,5-6H2,1H3,(H3,14,15,16). The number of nitrogens with one attached hydrogen (secondary N) is 1. The molecule has 0 fully saturated rings. The van der Waals surface area contributed by atoms with E-state index in [0.29, 0.717) is 12.5 Å². The molecule has 2 aromatic rings. The van der Waals surface area contributed by atoms with Gasteiger partial charge in [-0.15, -0.1) is 0 Å². The maximum absolute atomic E-state index is 5.72. The second-order valence-corrected chi connectivity index (χ2v) is 4.89. The van der Waals surface area contributed by atoms with Gasteiger partial charge in [-0.05, 0) is 34.5 Å². The Labute approximate surface area is 114 Å². The molecular formula is C12H16BrN5. The Bertz CT molecular complexity index is 561. The van der Waals surface area contributed by atoms with Crippen LogP contribution in [0.4, 0.5) is 0 Å². The summed E-state index contributed by atoms with van der Waals surface area (Å²) in [5, 5.41) is 3.03. The lowest BCUT2D eigenvalue weighted by molar-refractivity contribution is 0.824. The quantitative estimate of drug-likeness (QED) is 0.669. The first-order valence-corrected chi connectivity index (χ1v) is 6.65. The fourth-order valence-corrected chi connectivity index (χ4v) is 1.92. The number of fused-ring (bicyclic) bond motifs is 1. The Morgan fingerprint density at radius 3 is 3.11 bits per heavy atom. The molecule has 0 unspecified atom stereocenters. The van der Waals surface area contributed by atoms with Gasteiger partial charge in [-0.1, -0.05) is 6.92 Å². The van der Waals surface area contributed by atoms with Gasteiger partial charge >= 0.3 is 0 Å². The van der Waals surface area contributed by atoms with Gasteiger partial charge in [0, 0.05) is 23.4 Å². The SMILES string of the molecule is CCCNC(N)=NCc1cn2cc(Br)ccc2n1. The third-order valence-corrected chi connectivity index (χ3v) is 2.90. The third-order valence-electron chi connectivity index (χ3n) is 2.43. The number of guanidine groups is 1. The Balaban J connectivity index is 2.08. The van der Waals surface area contributed by atoms with Gasteiger partial charge < -0.3 is 15.5 Å². The largest absolute Gasteiger partial charge is 0.370 e. The minimum Gasteiger partial charge on any atom is -0.370 e. The predicted octanol–water partition coefficient (Wildman–Crippen LogP) is 1.91. The van der Waals surface area contributed by atoms with Gasteiger partial charge in [-0.2, -0.15) is 0 Å². The van der Waals surface area contributed by atoms with Gasteiger partial charge in [-0.3, -0.25) is 0 Å². The average Bonchev–Trinajstić information content (AvgIpc) is 2.75. The molecule has 0 atom stereocenters.